The lowest BCUT2D eigenvalue weighted by atomic mass is 9.91. The molecule has 1 aliphatic heterocycles. The number of aliphatic hydroxyl groups is 1. The highest BCUT2D eigenvalue weighted by Gasteiger charge is 2.36. The largest absolute Gasteiger partial charge is 0.436 e. The Morgan fingerprint density at radius 1 is 1.14 bits per heavy atom. The average Bonchev–Trinajstić information content (AvgIpc) is 3.48. The van der Waals surface area contributed by atoms with Crippen molar-refractivity contribution in [1.29, 1.82) is 0 Å². The van der Waals surface area contributed by atoms with Crippen LogP contribution in [0.25, 0.3) is 16.7 Å². The molecular formula is C25H26N6O4. The first kappa shape index (κ1) is 21.7. The first-order valence-electron chi connectivity index (χ1n) is 11.9. The Morgan fingerprint density at radius 3 is 2.54 bits per heavy atom. The standard InChI is InChI=1S/C25H26N6O4/c1-16-26-13-21(35-16)24(33)29-10-8-25(34,9-11-29)14-30-15-27-22-20(23(30)32)12-28-31(22)19-6-4-18(5-7-19)17-2-3-17/h4-7,12-13,15,17,34H,2-3,8-11,14H2,1H3. The van der Waals surface area contributed by atoms with Gasteiger partial charge < -0.3 is 14.4 Å². The number of hydrogen-bond donors (Lipinski definition) is 1. The molecule has 2 fully saturated rings. The fraction of sp³-hybridized carbons (Fsp3) is 0.400. The van der Waals surface area contributed by atoms with E-state index in [1.807, 2.05) is 12.1 Å². The Bertz CT molecular complexity index is 1460. The fourth-order valence-electron chi connectivity index (χ4n) is 4.77. The Kier molecular flexibility index (Phi) is 5.06. The topological polar surface area (TPSA) is 119 Å². The van der Waals surface area contributed by atoms with Gasteiger partial charge in [-0.05, 0) is 49.3 Å². The lowest BCUT2D eigenvalue weighted by Gasteiger charge is -2.38. The number of piperidine rings is 1. The number of aromatic nitrogens is 5. The number of carbonyl (C=O) groups is 1. The average molecular weight is 475 g/mol. The summed E-state index contributed by atoms with van der Waals surface area (Å²) < 4.78 is 8.43. The molecule has 1 amide bonds. The van der Waals surface area contributed by atoms with Crippen LogP contribution >= 0.6 is 0 Å². The molecule has 1 aliphatic carbocycles. The first-order valence-corrected chi connectivity index (χ1v) is 11.9. The fourth-order valence-corrected chi connectivity index (χ4v) is 4.77. The number of likely N-dealkylation sites (tertiary alicyclic amines) is 1. The molecule has 0 radical (unpaired) electrons. The van der Waals surface area contributed by atoms with Crippen molar-refractivity contribution in [2.24, 2.45) is 0 Å². The van der Waals surface area contributed by atoms with Crippen molar-refractivity contribution in [3.8, 4) is 5.69 Å². The first-order chi connectivity index (χ1) is 16.9. The van der Waals surface area contributed by atoms with Crippen molar-refractivity contribution in [2.45, 2.75) is 50.7 Å². The van der Waals surface area contributed by atoms with Crippen LogP contribution in [0, 0.1) is 6.92 Å². The van der Waals surface area contributed by atoms with Gasteiger partial charge >= 0.3 is 0 Å². The number of nitrogens with zero attached hydrogens (tertiary/aromatic N) is 6. The van der Waals surface area contributed by atoms with Crippen molar-refractivity contribution < 1.29 is 14.3 Å². The minimum absolute atomic E-state index is 0.0967. The van der Waals surface area contributed by atoms with Crippen molar-refractivity contribution in [3.63, 3.8) is 0 Å². The molecule has 35 heavy (non-hydrogen) atoms. The van der Waals surface area contributed by atoms with E-state index < -0.39 is 5.60 Å². The van der Waals surface area contributed by atoms with E-state index in [2.05, 4.69) is 27.2 Å². The molecule has 1 saturated carbocycles. The van der Waals surface area contributed by atoms with E-state index in [9.17, 15) is 14.7 Å². The smallest absolute Gasteiger partial charge is 0.291 e. The van der Waals surface area contributed by atoms with Gasteiger partial charge in [-0.15, -0.1) is 0 Å². The van der Waals surface area contributed by atoms with Gasteiger partial charge in [0.1, 0.15) is 11.7 Å². The highest BCUT2D eigenvalue weighted by molar-refractivity contribution is 5.91. The van der Waals surface area contributed by atoms with Gasteiger partial charge in [-0.3, -0.25) is 14.2 Å². The van der Waals surface area contributed by atoms with Crippen molar-refractivity contribution in [2.75, 3.05) is 13.1 Å². The second kappa shape index (κ2) is 8.16. The number of oxazole rings is 1. The van der Waals surface area contributed by atoms with E-state index >= 15 is 0 Å². The van der Waals surface area contributed by atoms with Gasteiger partial charge in [0, 0.05) is 20.0 Å². The SMILES string of the molecule is Cc1ncc(C(=O)N2CCC(O)(Cn3cnc4c(cnn4-c4ccc(C5CC5)cc4)c3=O)CC2)o1. The Labute approximate surface area is 200 Å². The van der Waals surface area contributed by atoms with Crippen LogP contribution in [0.2, 0.25) is 0 Å². The summed E-state index contributed by atoms with van der Waals surface area (Å²) in [5.41, 5.74) is 1.30. The van der Waals surface area contributed by atoms with Crippen LogP contribution < -0.4 is 5.56 Å². The van der Waals surface area contributed by atoms with E-state index in [-0.39, 0.29) is 23.8 Å². The number of fused-ring (bicyclic) bond motifs is 1. The van der Waals surface area contributed by atoms with Gasteiger partial charge in [-0.25, -0.2) is 14.6 Å². The van der Waals surface area contributed by atoms with Crippen molar-refractivity contribution in [3.05, 3.63) is 70.6 Å². The molecule has 10 heteroatoms. The highest BCUT2D eigenvalue weighted by atomic mass is 16.4. The van der Waals surface area contributed by atoms with Gasteiger partial charge in [0.25, 0.3) is 11.5 Å². The van der Waals surface area contributed by atoms with Gasteiger partial charge in [0.15, 0.2) is 11.5 Å². The highest BCUT2D eigenvalue weighted by Crippen LogP contribution is 2.40. The molecule has 0 atom stereocenters. The van der Waals surface area contributed by atoms with Gasteiger partial charge in [-0.2, -0.15) is 5.10 Å². The normalized spacial score (nSPS) is 17.7. The number of aryl methyl sites for hydroxylation is 1. The Morgan fingerprint density at radius 2 is 1.89 bits per heavy atom. The zero-order chi connectivity index (χ0) is 24.2. The zero-order valence-electron chi connectivity index (χ0n) is 19.4. The number of rotatable bonds is 5. The second-order valence-corrected chi connectivity index (χ2v) is 9.60. The number of amides is 1. The van der Waals surface area contributed by atoms with Crippen LogP contribution in [0.4, 0.5) is 0 Å². The molecule has 180 valence electrons. The number of benzene rings is 1. The van der Waals surface area contributed by atoms with E-state index in [1.54, 1.807) is 16.5 Å². The molecule has 0 unspecified atom stereocenters. The van der Waals surface area contributed by atoms with Gasteiger partial charge in [0.05, 0.1) is 30.2 Å². The molecule has 4 heterocycles. The molecule has 1 aromatic carbocycles. The third-order valence-electron chi connectivity index (χ3n) is 7.02. The summed E-state index contributed by atoms with van der Waals surface area (Å²) in [5.74, 6) is 1.05. The lowest BCUT2D eigenvalue weighted by molar-refractivity contribution is -0.0304. The third kappa shape index (κ3) is 4.03. The summed E-state index contributed by atoms with van der Waals surface area (Å²) in [6.07, 6.45) is 7.57. The maximum atomic E-state index is 13.2. The maximum absolute atomic E-state index is 13.2. The van der Waals surface area contributed by atoms with Crippen LogP contribution in [0.3, 0.4) is 0 Å². The van der Waals surface area contributed by atoms with Crippen LogP contribution in [-0.4, -0.2) is 58.9 Å². The molecule has 6 rings (SSSR count). The number of carbonyl (C=O) groups excluding carboxylic acids is 1. The molecule has 0 spiro atoms. The molecule has 4 aromatic rings. The summed E-state index contributed by atoms with van der Waals surface area (Å²) >= 11 is 0. The van der Waals surface area contributed by atoms with Gasteiger partial charge in [-0.1, -0.05) is 12.1 Å². The van der Waals surface area contributed by atoms with Crippen LogP contribution in [0.5, 0.6) is 0 Å². The second-order valence-electron chi connectivity index (χ2n) is 9.60. The quantitative estimate of drug-likeness (QED) is 0.472. The van der Waals surface area contributed by atoms with Crippen LogP contribution in [0.15, 0.2) is 52.2 Å². The summed E-state index contributed by atoms with van der Waals surface area (Å²) in [6, 6.07) is 8.23. The van der Waals surface area contributed by atoms with Crippen LogP contribution in [-0.2, 0) is 6.54 Å². The summed E-state index contributed by atoms with van der Waals surface area (Å²) in [6.45, 7) is 2.49. The molecule has 10 nitrogen and oxygen atoms in total. The van der Waals surface area contributed by atoms with Crippen molar-refractivity contribution >= 4 is 16.9 Å². The summed E-state index contributed by atoms with van der Waals surface area (Å²) in [5, 5.41) is 16.0. The van der Waals surface area contributed by atoms with Crippen LogP contribution in [0.1, 0.15) is 53.6 Å². The molecular weight excluding hydrogens is 448 g/mol. The third-order valence-corrected chi connectivity index (χ3v) is 7.02. The lowest BCUT2D eigenvalue weighted by Crippen LogP contribution is -2.49. The Hall–Kier alpha value is -3.79. The zero-order valence-corrected chi connectivity index (χ0v) is 19.4. The molecule has 3 aromatic heterocycles. The minimum atomic E-state index is -1.12. The van der Waals surface area contributed by atoms with E-state index in [1.165, 1.54) is 41.7 Å². The molecule has 0 bridgehead atoms. The van der Waals surface area contributed by atoms with Gasteiger partial charge in [0.2, 0.25) is 5.76 Å². The minimum Gasteiger partial charge on any atom is -0.436 e. The predicted molar refractivity (Wildman–Crippen MR) is 126 cm³/mol. The summed E-state index contributed by atoms with van der Waals surface area (Å²) in [4.78, 5) is 35.9. The monoisotopic (exact) mass is 474 g/mol. The maximum Gasteiger partial charge on any atom is 0.291 e. The Balaban J connectivity index is 1.18. The molecule has 1 saturated heterocycles. The van der Waals surface area contributed by atoms with E-state index in [4.69, 9.17) is 4.42 Å². The molecule has 1 N–H and O–H groups in total. The predicted octanol–water partition coefficient (Wildman–Crippen LogP) is 2.42. The molecule has 2 aliphatic rings. The van der Waals surface area contributed by atoms with Crippen molar-refractivity contribution in [1.82, 2.24) is 29.2 Å². The number of hydrogen-bond acceptors (Lipinski definition) is 7. The van der Waals surface area contributed by atoms with E-state index in [0.29, 0.717) is 48.8 Å². The van der Waals surface area contributed by atoms with E-state index in [0.717, 1.165) is 5.69 Å². The summed E-state index contributed by atoms with van der Waals surface area (Å²) in [7, 11) is 0.